The maximum Gasteiger partial charge on any atom is 0.326 e. The second-order valence-corrected chi connectivity index (χ2v) is 11.2. The number of nitrogens with one attached hydrogen (secondary N) is 3. The number of carbonyl (C=O) groups is 3. The Morgan fingerprint density at radius 2 is 1.73 bits per heavy atom. The SMILES string of the molecule is O=C(CCNc1ccccn1)Nc1ccc(C[C@H](NC(=O)[C@@H]2CCCN2S(=O)(=O)c2ccccc2)C(=O)O)cc1. The van der Waals surface area contributed by atoms with Crippen molar-refractivity contribution >= 4 is 39.3 Å². The van der Waals surface area contributed by atoms with Crippen molar-refractivity contribution in [3.63, 3.8) is 0 Å². The third kappa shape index (κ3) is 7.42. The average Bonchev–Trinajstić information content (AvgIpc) is 3.46. The van der Waals surface area contributed by atoms with Crippen LogP contribution in [0.2, 0.25) is 0 Å². The fourth-order valence-corrected chi connectivity index (χ4v) is 6.12. The first-order chi connectivity index (χ1) is 19.2. The Morgan fingerprint density at radius 3 is 2.40 bits per heavy atom. The molecule has 1 aromatic heterocycles. The smallest absolute Gasteiger partial charge is 0.326 e. The van der Waals surface area contributed by atoms with Crippen LogP contribution in [0, 0.1) is 0 Å². The van der Waals surface area contributed by atoms with Crippen molar-refractivity contribution in [2.24, 2.45) is 0 Å². The molecule has 4 rings (SSSR count). The van der Waals surface area contributed by atoms with Gasteiger partial charge in [-0.25, -0.2) is 18.2 Å². The van der Waals surface area contributed by atoms with E-state index in [1.165, 1.54) is 12.1 Å². The fourth-order valence-electron chi connectivity index (χ4n) is 4.44. The molecule has 0 radical (unpaired) electrons. The van der Waals surface area contributed by atoms with Gasteiger partial charge < -0.3 is 21.1 Å². The highest BCUT2D eigenvalue weighted by molar-refractivity contribution is 7.89. The van der Waals surface area contributed by atoms with Gasteiger partial charge in [-0.3, -0.25) is 9.59 Å². The molecule has 12 heteroatoms. The lowest BCUT2D eigenvalue weighted by Crippen LogP contribution is -2.51. The number of amides is 2. The van der Waals surface area contributed by atoms with Crippen LogP contribution in [0.15, 0.2) is 83.9 Å². The van der Waals surface area contributed by atoms with Crippen LogP contribution in [-0.2, 0) is 30.8 Å². The van der Waals surface area contributed by atoms with E-state index in [4.69, 9.17) is 0 Å². The summed E-state index contributed by atoms with van der Waals surface area (Å²) in [7, 11) is -3.90. The molecular weight excluding hydrogens is 534 g/mol. The highest BCUT2D eigenvalue weighted by Gasteiger charge is 2.40. The van der Waals surface area contributed by atoms with Crippen molar-refractivity contribution in [1.82, 2.24) is 14.6 Å². The molecule has 2 heterocycles. The van der Waals surface area contributed by atoms with Crippen molar-refractivity contribution in [3.8, 4) is 0 Å². The summed E-state index contributed by atoms with van der Waals surface area (Å²) in [6, 6.07) is 17.7. The highest BCUT2D eigenvalue weighted by Crippen LogP contribution is 2.26. The lowest BCUT2D eigenvalue weighted by Gasteiger charge is -2.25. The van der Waals surface area contributed by atoms with Gasteiger partial charge in [-0.05, 0) is 54.8 Å². The Bertz CT molecular complexity index is 1420. The minimum atomic E-state index is -3.90. The second kappa shape index (κ2) is 13.2. The predicted octanol–water partition coefficient (Wildman–Crippen LogP) is 2.49. The summed E-state index contributed by atoms with van der Waals surface area (Å²) in [6.45, 7) is 0.589. The molecule has 11 nitrogen and oxygen atoms in total. The van der Waals surface area contributed by atoms with Crippen LogP contribution in [-0.4, -0.2) is 65.8 Å². The number of aromatic nitrogens is 1. The first-order valence-corrected chi connectivity index (χ1v) is 14.3. The molecule has 0 aliphatic carbocycles. The van der Waals surface area contributed by atoms with Crippen molar-refractivity contribution in [2.75, 3.05) is 23.7 Å². The minimum absolute atomic E-state index is 0.0124. The monoisotopic (exact) mass is 565 g/mol. The summed E-state index contributed by atoms with van der Waals surface area (Å²) in [5.74, 6) is -1.40. The Hall–Kier alpha value is -4.29. The topological polar surface area (TPSA) is 158 Å². The number of carbonyl (C=O) groups excluding carboxylic acids is 2. The largest absolute Gasteiger partial charge is 0.480 e. The van der Waals surface area contributed by atoms with E-state index in [9.17, 15) is 27.9 Å². The van der Waals surface area contributed by atoms with E-state index >= 15 is 0 Å². The van der Waals surface area contributed by atoms with E-state index in [-0.39, 0.29) is 30.2 Å². The molecular formula is C28H31N5O6S. The molecule has 40 heavy (non-hydrogen) atoms. The molecule has 2 amide bonds. The van der Waals surface area contributed by atoms with Gasteiger partial charge in [-0.1, -0.05) is 36.4 Å². The van der Waals surface area contributed by atoms with E-state index in [0.717, 1.165) is 4.31 Å². The Balaban J connectivity index is 1.31. The zero-order valence-electron chi connectivity index (χ0n) is 21.7. The van der Waals surface area contributed by atoms with Crippen molar-refractivity contribution in [3.05, 3.63) is 84.6 Å². The van der Waals surface area contributed by atoms with Gasteiger partial charge in [0.25, 0.3) is 0 Å². The number of hydrogen-bond acceptors (Lipinski definition) is 7. The van der Waals surface area contributed by atoms with Gasteiger partial charge in [0.1, 0.15) is 17.9 Å². The highest BCUT2D eigenvalue weighted by atomic mass is 32.2. The number of benzene rings is 2. The molecule has 210 valence electrons. The molecule has 2 atom stereocenters. The molecule has 2 aromatic carbocycles. The lowest BCUT2D eigenvalue weighted by atomic mass is 10.0. The minimum Gasteiger partial charge on any atom is -0.480 e. The fraction of sp³-hybridized carbons (Fsp3) is 0.286. The third-order valence-corrected chi connectivity index (χ3v) is 8.39. The second-order valence-electron chi connectivity index (χ2n) is 9.33. The number of nitrogens with zero attached hydrogens (tertiary/aromatic N) is 2. The van der Waals surface area contributed by atoms with Gasteiger partial charge in [-0.15, -0.1) is 0 Å². The van der Waals surface area contributed by atoms with Crippen LogP contribution < -0.4 is 16.0 Å². The standard InChI is InChI=1S/C28H31N5O6S/c34-26(15-17-30-25-10-4-5-16-29-25)31-21-13-11-20(12-14-21)19-23(28(36)37)32-27(35)24-9-6-18-33(24)40(38,39)22-7-2-1-3-8-22/h1-5,7-8,10-14,16,23-24H,6,9,15,17-19H2,(H,29,30)(H,31,34)(H,32,35)(H,36,37)/t23-,24-/m0/s1. The van der Waals surface area contributed by atoms with E-state index in [1.807, 2.05) is 6.07 Å². The van der Waals surface area contributed by atoms with Crippen LogP contribution in [0.5, 0.6) is 0 Å². The van der Waals surface area contributed by atoms with Crippen LogP contribution in [0.4, 0.5) is 11.5 Å². The maximum absolute atomic E-state index is 13.1. The summed E-state index contributed by atoms with van der Waals surface area (Å²) < 4.78 is 27.3. The summed E-state index contributed by atoms with van der Waals surface area (Å²) in [4.78, 5) is 41.5. The van der Waals surface area contributed by atoms with Crippen LogP contribution >= 0.6 is 0 Å². The molecule has 3 aromatic rings. The molecule has 1 aliphatic rings. The summed E-state index contributed by atoms with van der Waals surface area (Å²) in [6.07, 6.45) is 2.67. The van der Waals surface area contributed by atoms with Crippen molar-refractivity contribution < 1.29 is 27.9 Å². The molecule has 0 saturated carbocycles. The lowest BCUT2D eigenvalue weighted by molar-refractivity contribution is -0.142. The number of hydrogen-bond donors (Lipinski definition) is 4. The summed E-state index contributed by atoms with van der Waals surface area (Å²) in [5.41, 5.74) is 1.18. The van der Waals surface area contributed by atoms with Crippen LogP contribution in [0.1, 0.15) is 24.8 Å². The van der Waals surface area contributed by atoms with Gasteiger partial charge >= 0.3 is 5.97 Å². The zero-order valence-corrected chi connectivity index (χ0v) is 22.5. The number of carboxylic acids is 1. The van der Waals surface area contributed by atoms with Gasteiger partial charge in [-0.2, -0.15) is 4.31 Å². The number of anilines is 2. The maximum atomic E-state index is 13.1. The van der Waals surface area contributed by atoms with E-state index in [0.29, 0.717) is 36.5 Å². The van der Waals surface area contributed by atoms with Gasteiger partial charge in [0, 0.05) is 37.8 Å². The number of carboxylic acid groups (broad SMARTS) is 1. The molecule has 0 bridgehead atoms. The Labute approximate surface area is 232 Å². The first kappa shape index (κ1) is 28.7. The number of pyridine rings is 1. The van der Waals surface area contributed by atoms with E-state index in [1.54, 1.807) is 60.8 Å². The molecule has 1 aliphatic heterocycles. The molecule has 0 unspecified atom stereocenters. The van der Waals surface area contributed by atoms with E-state index in [2.05, 4.69) is 20.9 Å². The van der Waals surface area contributed by atoms with Crippen molar-refractivity contribution in [2.45, 2.75) is 42.7 Å². The zero-order chi connectivity index (χ0) is 28.5. The van der Waals surface area contributed by atoms with Crippen molar-refractivity contribution in [1.29, 1.82) is 0 Å². The number of sulfonamides is 1. The predicted molar refractivity (Wildman–Crippen MR) is 149 cm³/mol. The Kier molecular flexibility index (Phi) is 9.46. The Morgan fingerprint density at radius 1 is 1.00 bits per heavy atom. The molecule has 0 spiro atoms. The molecule has 4 N–H and O–H groups in total. The van der Waals surface area contributed by atoms with Gasteiger partial charge in [0.05, 0.1) is 4.90 Å². The number of rotatable bonds is 12. The van der Waals surface area contributed by atoms with Crippen LogP contribution in [0.3, 0.4) is 0 Å². The van der Waals surface area contributed by atoms with Crippen LogP contribution in [0.25, 0.3) is 0 Å². The average molecular weight is 566 g/mol. The molecule has 1 fully saturated rings. The first-order valence-electron chi connectivity index (χ1n) is 12.9. The molecule has 1 saturated heterocycles. The number of aliphatic carboxylic acids is 1. The normalized spacial score (nSPS) is 16.1. The third-order valence-electron chi connectivity index (χ3n) is 6.47. The quantitative estimate of drug-likeness (QED) is 0.261. The van der Waals surface area contributed by atoms with E-state index < -0.39 is 34.0 Å². The van der Waals surface area contributed by atoms with Gasteiger partial charge in [0.2, 0.25) is 21.8 Å². The summed E-state index contributed by atoms with van der Waals surface area (Å²) >= 11 is 0. The van der Waals surface area contributed by atoms with Gasteiger partial charge in [0.15, 0.2) is 0 Å². The summed E-state index contributed by atoms with van der Waals surface area (Å²) in [5, 5.41) is 18.1.